The number of nitrogens with zero attached hydrogens (tertiary/aromatic N) is 1. The lowest BCUT2D eigenvalue weighted by atomic mass is 9.76. The van der Waals surface area contributed by atoms with E-state index in [1.165, 1.54) is 38.5 Å². The Balaban J connectivity index is 1.72. The molecular formula is C17H24Cl2N2. The van der Waals surface area contributed by atoms with Crippen LogP contribution in [0, 0.1) is 5.41 Å². The standard InChI is InChI=1S/C17H24Cl2N2/c18-14-9-13(10-15(19)11-14)16(12-20)21-7-5-17(6-8-21)3-1-2-4-17/h9-11,16H,1-8,12,20H2. The van der Waals surface area contributed by atoms with E-state index in [2.05, 4.69) is 4.90 Å². The highest BCUT2D eigenvalue weighted by atomic mass is 35.5. The lowest BCUT2D eigenvalue weighted by Gasteiger charge is -2.42. The Hall–Kier alpha value is -0.280. The van der Waals surface area contributed by atoms with Gasteiger partial charge in [0.25, 0.3) is 0 Å². The molecule has 1 saturated carbocycles. The number of hydrogen-bond acceptors (Lipinski definition) is 2. The van der Waals surface area contributed by atoms with E-state index in [4.69, 9.17) is 28.9 Å². The number of nitrogens with two attached hydrogens (primary N) is 1. The van der Waals surface area contributed by atoms with Gasteiger partial charge in [0.15, 0.2) is 0 Å². The van der Waals surface area contributed by atoms with Crippen LogP contribution in [0.4, 0.5) is 0 Å². The first-order valence-corrected chi connectivity index (χ1v) is 8.78. The Kier molecular flexibility index (Phi) is 4.80. The van der Waals surface area contributed by atoms with Crippen LogP contribution in [0.2, 0.25) is 10.0 Å². The third kappa shape index (κ3) is 3.39. The quantitative estimate of drug-likeness (QED) is 0.875. The monoisotopic (exact) mass is 326 g/mol. The molecule has 116 valence electrons. The van der Waals surface area contributed by atoms with Gasteiger partial charge in [-0.1, -0.05) is 36.0 Å². The van der Waals surface area contributed by atoms with Gasteiger partial charge >= 0.3 is 0 Å². The van der Waals surface area contributed by atoms with Crippen LogP contribution in [0.5, 0.6) is 0 Å². The largest absolute Gasteiger partial charge is 0.329 e. The van der Waals surface area contributed by atoms with Crippen molar-refractivity contribution in [1.82, 2.24) is 4.90 Å². The lowest BCUT2D eigenvalue weighted by Crippen LogP contribution is -2.43. The Morgan fingerprint density at radius 2 is 1.57 bits per heavy atom. The zero-order valence-corrected chi connectivity index (χ0v) is 14.0. The maximum absolute atomic E-state index is 6.14. The predicted octanol–water partition coefficient (Wildman–Crippen LogP) is 4.65. The Morgan fingerprint density at radius 3 is 2.10 bits per heavy atom. The predicted molar refractivity (Wildman–Crippen MR) is 90.0 cm³/mol. The van der Waals surface area contributed by atoms with Crippen molar-refractivity contribution in [1.29, 1.82) is 0 Å². The lowest BCUT2D eigenvalue weighted by molar-refractivity contribution is 0.0780. The second-order valence-corrected chi connectivity index (χ2v) is 7.57. The molecule has 1 atom stereocenters. The van der Waals surface area contributed by atoms with E-state index >= 15 is 0 Å². The topological polar surface area (TPSA) is 29.3 Å². The number of likely N-dealkylation sites (tertiary alicyclic amines) is 1. The van der Waals surface area contributed by atoms with Gasteiger partial charge < -0.3 is 5.73 Å². The molecular weight excluding hydrogens is 303 g/mol. The summed E-state index contributed by atoms with van der Waals surface area (Å²) in [4.78, 5) is 2.52. The van der Waals surface area contributed by atoms with Crippen LogP contribution in [0.15, 0.2) is 18.2 Å². The van der Waals surface area contributed by atoms with E-state index in [-0.39, 0.29) is 6.04 Å². The number of rotatable bonds is 3. The molecule has 2 fully saturated rings. The molecule has 3 rings (SSSR count). The van der Waals surface area contributed by atoms with Gasteiger partial charge in [-0.15, -0.1) is 0 Å². The van der Waals surface area contributed by atoms with Crippen LogP contribution >= 0.6 is 23.2 Å². The summed E-state index contributed by atoms with van der Waals surface area (Å²) in [6.07, 6.45) is 8.33. The van der Waals surface area contributed by atoms with Crippen LogP contribution in [-0.2, 0) is 0 Å². The minimum atomic E-state index is 0.236. The molecule has 1 spiro atoms. The molecule has 1 saturated heterocycles. The molecule has 0 bridgehead atoms. The van der Waals surface area contributed by atoms with Crippen LogP contribution < -0.4 is 5.73 Å². The molecule has 1 heterocycles. The Labute approximate surface area is 137 Å². The zero-order chi connectivity index (χ0) is 14.9. The third-order valence-corrected chi connectivity index (χ3v) is 5.89. The molecule has 1 aromatic carbocycles. The van der Waals surface area contributed by atoms with Gasteiger partial charge in [0.05, 0.1) is 0 Å². The van der Waals surface area contributed by atoms with Crippen LogP contribution in [0.3, 0.4) is 0 Å². The van der Waals surface area contributed by atoms with Crippen molar-refractivity contribution in [3.8, 4) is 0 Å². The zero-order valence-electron chi connectivity index (χ0n) is 12.5. The van der Waals surface area contributed by atoms with Crippen molar-refractivity contribution in [3.63, 3.8) is 0 Å². The van der Waals surface area contributed by atoms with Crippen LogP contribution in [0.1, 0.15) is 50.1 Å². The van der Waals surface area contributed by atoms with Crippen LogP contribution in [-0.4, -0.2) is 24.5 Å². The van der Waals surface area contributed by atoms with E-state index in [1.54, 1.807) is 6.07 Å². The fourth-order valence-corrected chi connectivity index (χ4v) is 4.74. The Morgan fingerprint density at radius 1 is 1.00 bits per heavy atom. The molecule has 4 heteroatoms. The van der Waals surface area contributed by atoms with Crippen molar-refractivity contribution < 1.29 is 0 Å². The second-order valence-electron chi connectivity index (χ2n) is 6.70. The van der Waals surface area contributed by atoms with Crippen molar-refractivity contribution in [2.45, 2.75) is 44.6 Å². The summed E-state index contributed by atoms with van der Waals surface area (Å²) in [6.45, 7) is 2.90. The van der Waals surface area contributed by atoms with Gasteiger partial charge in [0.2, 0.25) is 0 Å². The van der Waals surface area contributed by atoms with E-state index in [0.29, 0.717) is 22.0 Å². The smallest absolute Gasteiger partial charge is 0.0471 e. The SMILES string of the molecule is NCC(c1cc(Cl)cc(Cl)c1)N1CCC2(CCCC2)CC1. The van der Waals surface area contributed by atoms with Gasteiger partial charge in [0.1, 0.15) is 0 Å². The maximum Gasteiger partial charge on any atom is 0.0471 e. The van der Waals surface area contributed by atoms with Gasteiger partial charge in [-0.3, -0.25) is 4.90 Å². The van der Waals surface area contributed by atoms with Crippen molar-refractivity contribution in [3.05, 3.63) is 33.8 Å². The highest BCUT2D eigenvalue weighted by Gasteiger charge is 2.38. The van der Waals surface area contributed by atoms with Gasteiger partial charge in [-0.05, 0) is 68.0 Å². The van der Waals surface area contributed by atoms with Crippen molar-refractivity contribution >= 4 is 23.2 Å². The summed E-state index contributed by atoms with van der Waals surface area (Å²) in [5, 5.41) is 1.39. The molecule has 1 aromatic rings. The van der Waals surface area contributed by atoms with Gasteiger partial charge in [-0.2, -0.15) is 0 Å². The molecule has 1 aliphatic carbocycles. The van der Waals surface area contributed by atoms with Gasteiger partial charge in [0, 0.05) is 22.6 Å². The van der Waals surface area contributed by atoms with Crippen molar-refractivity contribution in [2.75, 3.05) is 19.6 Å². The highest BCUT2D eigenvalue weighted by Crippen LogP contribution is 2.47. The first-order valence-electron chi connectivity index (χ1n) is 8.02. The summed E-state index contributed by atoms with van der Waals surface area (Å²) in [6, 6.07) is 6.03. The first-order chi connectivity index (χ1) is 10.1. The summed E-state index contributed by atoms with van der Waals surface area (Å²) >= 11 is 12.3. The minimum absolute atomic E-state index is 0.236. The van der Waals surface area contributed by atoms with E-state index in [0.717, 1.165) is 18.7 Å². The fraction of sp³-hybridized carbons (Fsp3) is 0.647. The fourth-order valence-electron chi connectivity index (χ4n) is 4.20. The Bertz CT molecular complexity index is 467. The molecule has 1 aliphatic heterocycles. The number of halogens is 2. The average molecular weight is 327 g/mol. The molecule has 21 heavy (non-hydrogen) atoms. The summed E-state index contributed by atoms with van der Waals surface area (Å²) < 4.78 is 0. The molecule has 2 N–H and O–H groups in total. The summed E-state index contributed by atoms with van der Waals surface area (Å²) in [7, 11) is 0. The molecule has 1 unspecified atom stereocenters. The number of piperidine rings is 1. The molecule has 2 aliphatic rings. The summed E-state index contributed by atoms with van der Waals surface area (Å²) in [5.41, 5.74) is 7.84. The second kappa shape index (κ2) is 6.45. The van der Waals surface area contributed by atoms with Crippen molar-refractivity contribution in [2.24, 2.45) is 11.1 Å². The number of hydrogen-bond donors (Lipinski definition) is 1. The molecule has 0 aromatic heterocycles. The summed E-state index contributed by atoms with van der Waals surface area (Å²) in [5.74, 6) is 0. The molecule has 0 radical (unpaired) electrons. The van der Waals surface area contributed by atoms with Crippen LogP contribution in [0.25, 0.3) is 0 Å². The van der Waals surface area contributed by atoms with E-state index < -0.39 is 0 Å². The van der Waals surface area contributed by atoms with E-state index in [9.17, 15) is 0 Å². The van der Waals surface area contributed by atoms with E-state index in [1.807, 2.05) is 12.1 Å². The molecule has 0 amide bonds. The average Bonchev–Trinajstić information content (AvgIpc) is 2.89. The maximum atomic E-state index is 6.14. The number of benzene rings is 1. The highest BCUT2D eigenvalue weighted by molar-refractivity contribution is 6.34. The third-order valence-electron chi connectivity index (χ3n) is 5.46. The normalized spacial score (nSPS) is 23.6. The molecule has 2 nitrogen and oxygen atoms in total. The first kappa shape index (κ1) is 15.6. The minimum Gasteiger partial charge on any atom is -0.329 e. The van der Waals surface area contributed by atoms with Gasteiger partial charge in [-0.25, -0.2) is 0 Å².